The molecule has 150 valence electrons. The number of phenolic OH excluding ortho intramolecular Hbond substituents is 1. The molecule has 0 atom stereocenters. The summed E-state index contributed by atoms with van der Waals surface area (Å²) in [7, 11) is 0. The van der Waals surface area contributed by atoms with Crippen LogP contribution in [0.15, 0.2) is 91.0 Å². The van der Waals surface area contributed by atoms with Crippen LogP contribution in [0.4, 0.5) is 22.7 Å². The van der Waals surface area contributed by atoms with Gasteiger partial charge >= 0.3 is 0 Å². The van der Waals surface area contributed by atoms with Crippen molar-refractivity contribution < 1.29 is 14.7 Å². The third-order valence-electron chi connectivity index (χ3n) is 5.26. The zero-order valence-electron chi connectivity index (χ0n) is 16.4. The minimum Gasteiger partial charge on any atom is -0.508 e. The van der Waals surface area contributed by atoms with Crippen molar-refractivity contribution in [1.82, 2.24) is 0 Å². The fourth-order valence-electron chi connectivity index (χ4n) is 3.82. The van der Waals surface area contributed by atoms with Gasteiger partial charge < -0.3 is 15.7 Å². The fourth-order valence-corrected chi connectivity index (χ4v) is 3.82. The Morgan fingerprint density at radius 1 is 0.548 bits per heavy atom. The maximum absolute atomic E-state index is 13.5. The molecule has 1 aliphatic rings. The predicted octanol–water partition coefficient (Wildman–Crippen LogP) is 5.65. The zero-order valence-corrected chi connectivity index (χ0v) is 16.4. The van der Waals surface area contributed by atoms with Gasteiger partial charge in [0.05, 0.1) is 22.5 Å². The smallest absolute Gasteiger partial charge is 0.196 e. The number of hydrogen-bond acceptors (Lipinski definition) is 5. The number of benzene rings is 4. The third kappa shape index (κ3) is 3.32. The van der Waals surface area contributed by atoms with Gasteiger partial charge in [-0.1, -0.05) is 36.4 Å². The van der Waals surface area contributed by atoms with Gasteiger partial charge in [0.1, 0.15) is 5.75 Å². The second kappa shape index (κ2) is 7.46. The normalized spacial score (nSPS) is 12.1. The molecule has 4 aromatic rings. The first-order valence-electron chi connectivity index (χ1n) is 9.85. The summed E-state index contributed by atoms with van der Waals surface area (Å²) in [6.45, 7) is 0. The van der Waals surface area contributed by atoms with Crippen molar-refractivity contribution >= 4 is 34.3 Å². The van der Waals surface area contributed by atoms with Gasteiger partial charge in [-0.3, -0.25) is 9.59 Å². The van der Waals surface area contributed by atoms with Gasteiger partial charge in [0.15, 0.2) is 11.6 Å². The topological polar surface area (TPSA) is 78.4 Å². The highest BCUT2D eigenvalue weighted by atomic mass is 16.3. The molecule has 0 spiro atoms. The van der Waals surface area contributed by atoms with Crippen LogP contribution in [0.5, 0.6) is 5.75 Å². The van der Waals surface area contributed by atoms with Crippen molar-refractivity contribution in [3.05, 3.63) is 113 Å². The maximum Gasteiger partial charge on any atom is 0.196 e. The molecule has 4 aromatic carbocycles. The second-order valence-electron chi connectivity index (χ2n) is 7.28. The number of ketones is 2. The Bertz CT molecular complexity index is 1320. The number of para-hydroxylation sites is 2. The van der Waals surface area contributed by atoms with E-state index in [0.29, 0.717) is 16.9 Å². The molecule has 0 radical (unpaired) electrons. The van der Waals surface area contributed by atoms with Crippen LogP contribution in [0, 0.1) is 0 Å². The molecule has 5 rings (SSSR count). The summed E-state index contributed by atoms with van der Waals surface area (Å²) in [6, 6.07) is 26.8. The van der Waals surface area contributed by atoms with E-state index in [1.165, 1.54) is 18.2 Å². The van der Waals surface area contributed by atoms with Crippen LogP contribution < -0.4 is 10.6 Å². The van der Waals surface area contributed by atoms with Gasteiger partial charge in [-0.15, -0.1) is 0 Å². The molecule has 5 heteroatoms. The van der Waals surface area contributed by atoms with Crippen LogP contribution in [0.25, 0.3) is 0 Å². The lowest BCUT2D eigenvalue weighted by Gasteiger charge is -2.24. The highest BCUT2D eigenvalue weighted by Gasteiger charge is 2.34. The standard InChI is InChI=1S/C26H18N2O3/c29-18-11-12-19-20(15-18)26(31)24-22(28-17-9-5-2-6-10-17)14-13-21(23(24)25(19)30)27-16-7-3-1-4-8-16/h1-15,27-29H. The summed E-state index contributed by atoms with van der Waals surface area (Å²) in [4.78, 5) is 27.0. The van der Waals surface area contributed by atoms with E-state index in [4.69, 9.17) is 0 Å². The number of phenols is 1. The Balaban J connectivity index is 1.69. The second-order valence-corrected chi connectivity index (χ2v) is 7.28. The quantitative estimate of drug-likeness (QED) is 0.359. The molecule has 0 saturated carbocycles. The van der Waals surface area contributed by atoms with E-state index in [2.05, 4.69) is 10.6 Å². The summed E-state index contributed by atoms with van der Waals surface area (Å²) in [5, 5.41) is 16.4. The van der Waals surface area contributed by atoms with Crippen LogP contribution in [0.3, 0.4) is 0 Å². The lowest BCUT2D eigenvalue weighted by Crippen LogP contribution is -2.23. The first-order valence-corrected chi connectivity index (χ1v) is 9.85. The average Bonchev–Trinajstić information content (AvgIpc) is 2.79. The number of nitrogens with one attached hydrogen (secondary N) is 2. The maximum atomic E-state index is 13.5. The van der Waals surface area contributed by atoms with E-state index < -0.39 is 0 Å². The van der Waals surface area contributed by atoms with Crippen molar-refractivity contribution in [2.24, 2.45) is 0 Å². The first kappa shape index (κ1) is 18.6. The molecule has 3 N–H and O–H groups in total. The summed E-state index contributed by atoms with van der Waals surface area (Å²) >= 11 is 0. The Hall–Kier alpha value is -4.38. The lowest BCUT2D eigenvalue weighted by atomic mass is 9.82. The van der Waals surface area contributed by atoms with Crippen LogP contribution in [-0.2, 0) is 0 Å². The molecule has 0 aliphatic heterocycles. The number of carbonyl (C=O) groups excluding carboxylic acids is 2. The Morgan fingerprint density at radius 2 is 1.03 bits per heavy atom. The molecule has 0 amide bonds. The van der Waals surface area contributed by atoms with Crippen molar-refractivity contribution in [3.63, 3.8) is 0 Å². The monoisotopic (exact) mass is 406 g/mol. The minimum absolute atomic E-state index is 0.0560. The largest absolute Gasteiger partial charge is 0.508 e. The minimum atomic E-state index is -0.310. The molecule has 31 heavy (non-hydrogen) atoms. The molecule has 0 saturated heterocycles. The van der Waals surface area contributed by atoms with Gasteiger partial charge in [0, 0.05) is 22.5 Å². The number of hydrogen-bond donors (Lipinski definition) is 3. The number of aromatic hydroxyl groups is 1. The number of carbonyl (C=O) groups is 2. The highest BCUT2D eigenvalue weighted by molar-refractivity contribution is 6.32. The molecule has 0 bridgehead atoms. The molecular formula is C26H18N2O3. The Morgan fingerprint density at radius 3 is 1.55 bits per heavy atom. The molecule has 0 unspecified atom stereocenters. The van der Waals surface area contributed by atoms with Crippen molar-refractivity contribution in [3.8, 4) is 5.75 Å². The molecule has 5 nitrogen and oxygen atoms in total. The van der Waals surface area contributed by atoms with E-state index in [1.807, 2.05) is 60.7 Å². The summed E-state index contributed by atoms with van der Waals surface area (Å²) in [5.41, 5.74) is 3.78. The van der Waals surface area contributed by atoms with E-state index >= 15 is 0 Å². The summed E-state index contributed by atoms with van der Waals surface area (Å²) < 4.78 is 0. The fraction of sp³-hybridized carbons (Fsp3) is 0. The molecular weight excluding hydrogens is 388 g/mol. The van der Waals surface area contributed by atoms with Gasteiger partial charge in [-0.2, -0.15) is 0 Å². The molecule has 0 fully saturated rings. The Labute approximate surface area is 179 Å². The molecule has 0 heterocycles. The number of rotatable bonds is 4. The number of fused-ring (bicyclic) bond motifs is 2. The lowest BCUT2D eigenvalue weighted by molar-refractivity contribution is 0.0980. The van der Waals surface area contributed by atoms with Gasteiger partial charge in [0.25, 0.3) is 0 Å². The molecule has 0 aromatic heterocycles. The van der Waals surface area contributed by atoms with E-state index in [-0.39, 0.29) is 34.0 Å². The molecule has 1 aliphatic carbocycles. The van der Waals surface area contributed by atoms with E-state index in [0.717, 1.165) is 11.4 Å². The van der Waals surface area contributed by atoms with Crippen LogP contribution in [0.2, 0.25) is 0 Å². The van der Waals surface area contributed by atoms with E-state index in [1.54, 1.807) is 12.1 Å². The number of anilines is 4. The third-order valence-corrected chi connectivity index (χ3v) is 5.26. The zero-order chi connectivity index (χ0) is 21.4. The average molecular weight is 406 g/mol. The highest BCUT2D eigenvalue weighted by Crippen LogP contribution is 2.39. The van der Waals surface area contributed by atoms with E-state index in [9.17, 15) is 14.7 Å². The summed E-state index contributed by atoms with van der Waals surface area (Å²) in [5.74, 6) is -0.630. The van der Waals surface area contributed by atoms with Gasteiger partial charge in [-0.25, -0.2) is 0 Å². The predicted molar refractivity (Wildman–Crippen MR) is 121 cm³/mol. The summed E-state index contributed by atoms with van der Waals surface area (Å²) in [6.07, 6.45) is 0. The van der Waals surface area contributed by atoms with Crippen LogP contribution in [-0.4, -0.2) is 16.7 Å². The van der Waals surface area contributed by atoms with Crippen LogP contribution in [0.1, 0.15) is 31.8 Å². The Kier molecular flexibility index (Phi) is 4.49. The van der Waals surface area contributed by atoms with Crippen molar-refractivity contribution in [2.45, 2.75) is 0 Å². The van der Waals surface area contributed by atoms with Crippen molar-refractivity contribution in [1.29, 1.82) is 0 Å². The van der Waals surface area contributed by atoms with Gasteiger partial charge in [0.2, 0.25) is 0 Å². The SMILES string of the molecule is O=C1c2ccc(O)cc2C(=O)c2c(Nc3ccccc3)ccc(Nc3ccccc3)c21. The van der Waals surface area contributed by atoms with Gasteiger partial charge in [-0.05, 0) is 54.6 Å². The van der Waals surface area contributed by atoms with Crippen LogP contribution >= 0.6 is 0 Å². The van der Waals surface area contributed by atoms with Crippen molar-refractivity contribution in [2.75, 3.05) is 10.6 Å². The first-order chi connectivity index (χ1) is 15.1.